The van der Waals surface area contributed by atoms with Crippen LogP contribution in [0.15, 0.2) is 22.7 Å². The summed E-state index contributed by atoms with van der Waals surface area (Å²) in [5.74, 6) is -0.192. The zero-order chi connectivity index (χ0) is 9.84. The maximum Gasteiger partial charge on any atom is 0.100 e. The SMILES string of the molecule is [CH2]C(CO)c1cccc(C#N)c1Br. The largest absolute Gasteiger partial charge is 0.396 e. The van der Waals surface area contributed by atoms with Gasteiger partial charge in [0.05, 0.1) is 5.56 Å². The molecule has 0 aromatic heterocycles. The summed E-state index contributed by atoms with van der Waals surface area (Å²) in [6.45, 7) is 3.75. The van der Waals surface area contributed by atoms with Gasteiger partial charge in [-0.05, 0) is 34.5 Å². The first-order valence-corrected chi connectivity index (χ1v) is 4.62. The zero-order valence-corrected chi connectivity index (χ0v) is 8.58. The van der Waals surface area contributed by atoms with Crippen LogP contribution in [0.4, 0.5) is 0 Å². The molecule has 0 bridgehead atoms. The first-order chi connectivity index (χ1) is 6.20. The fourth-order valence-electron chi connectivity index (χ4n) is 1.05. The average Bonchev–Trinajstić information content (AvgIpc) is 2.17. The van der Waals surface area contributed by atoms with Crippen molar-refractivity contribution in [2.24, 2.45) is 0 Å². The molecule has 1 aromatic carbocycles. The maximum atomic E-state index is 8.91. The van der Waals surface area contributed by atoms with Crippen molar-refractivity contribution < 1.29 is 5.11 Å². The number of benzene rings is 1. The van der Waals surface area contributed by atoms with E-state index in [0.29, 0.717) is 5.56 Å². The Labute approximate surface area is 85.9 Å². The van der Waals surface area contributed by atoms with E-state index < -0.39 is 0 Å². The number of hydrogen-bond acceptors (Lipinski definition) is 2. The van der Waals surface area contributed by atoms with Crippen molar-refractivity contribution in [3.8, 4) is 6.07 Å². The molecule has 67 valence electrons. The third kappa shape index (κ3) is 2.09. The second-order valence-electron chi connectivity index (χ2n) is 2.70. The smallest absolute Gasteiger partial charge is 0.100 e. The quantitative estimate of drug-likeness (QED) is 0.859. The monoisotopic (exact) mass is 238 g/mol. The van der Waals surface area contributed by atoms with E-state index in [1.165, 1.54) is 0 Å². The van der Waals surface area contributed by atoms with Gasteiger partial charge in [0.25, 0.3) is 0 Å². The highest BCUT2D eigenvalue weighted by atomic mass is 79.9. The third-order valence-corrected chi connectivity index (χ3v) is 2.69. The molecule has 1 atom stereocenters. The molecular weight excluding hydrogens is 230 g/mol. The molecule has 2 nitrogen and oxygen atoms in total. The molecule has 1 rings (SSSR count). The predicted octanol–water partition coefficient (Wildman–Crippen LogP) is 2.23. The molecule has 0 aliphatic carbocycles. The van der Waals surface area contributed by atoms with Gasteiger partial charge in [-0.25, -0.2) is 0 Å². The summed E-state index contributed by atoms with van der Waals surface area (Å²) in [6, 6.07) is 7.41. The van der Waals surface area contributed by atoms with Gasteiger partial charge in [0.1, 0.15) is 6.07 Å². The van der Waals surface area contributed by atoms with Crippen molar-refractivity contribution in [2.45, 2.75) is 5.92 Å². The fourth-order valence-corrected chi connectivity index (χ4v) is 1.73. The second kappa shape index (κ2) is 4.40. The molecule has 0 saturated carbocycles. The van der Waals surface area contributed by atoms with Gasteiger partial charge in [0.15, 0.2) is 0 Å². The molecule has 0 spiro atoms. The van der Waals surface area contributed by atoms with Gasteiger partial charge in [-0.15, -0.1) is 0 Å². The topological polar surface area (TPSA) is 44.0 Å². The highest BCUT2D eigenvalue weighted by molar-refractivity contribution is 9.10. The molecule has 0 saturated heterocycles. The molecule has 0 aliphatic heterocycles. The van der Waals surface area contributed by atoms with Gasteiger partial charge in [-0.2, -0.15) is 5.26 Å². The second-order valence-corrected chi connectivity index (χ2v) is 3.49. The Bertz CT molecular complexity index is 343. The van der Waals surface area contributed by atoms with E-state index in [9.17, 15) is 0 Å². The Morgan fingerprint density at radius 2 is 2.31 bits per heavy atom. The molecule has 0 aliphatic rings. The van der Waals surface area contributed by atoms with Crippen LogP contribution in [-0.2, 0) is 0 Å². The van der Waals surface area contributed by atoms with Crippen LogP contribution in [0.25, 0.3) is 0 Å². The molecular formula is C10H9BrNO. The third-order valence-electron chi connectivity index (χ3n) is 1.81. The Hall–Kier alpha value is -0.850. The minimum absolute atomic E-state index is 0.0204. The van der Waals surface area contributed by atoms with Crippen LogP contribution in [0, 0.1) is 18.3 Å². The number of rotatable bonds is 2. The summed E-state index contributed by atoms with van der Waals surface area (Å²) < 4.78 is 0.728. The van der Waals surface area contributed by atoms with Crippen molar-refractivity contribution >= 4 is 15.9 Å². The lowest BCUT2D eigenvalue weighted by atomic mass is 10.0. The standard InChI is InChI=1S/C10H9BrNO/c1-7(6-13)9-4-2-3-8(5-12)10(9)11/h2-4,7,13H,1,6H2. The van der Waals surface area contributed by atoms with Crippen molar-refractivity contribution in [1.82, 2.24) is 0 Å². The van der Waals surface area contributed by atoms with E-state index in [4.69, 9.17) is 10.4 Å². The molecule has 1 unspecified atom stereocenters. The lowest BCUT2D eigenvalue weighted by Crippen LogP contribution is -2.00. The number of nitriles is 1. The predicted molar refractivity (Wildman–Crippen MR) is 54.0 cm³/mol. The van der Waals surface area contributed by atoms with Crippen LogP contribution in [0.3, 0.4) is 0 Å². The number of nitrogens with zero attached hydrogens (tertiary/aromatic N) is 1. The Kier molecular flexibility index (Phi) is 3.47. The van der Waals surface area contributed by atoms with E-state index in [0.717, 1.165) is 10.0 Å². The summed E-state index contributed by atoms with van der Waals surface area (Å²) in [5, 5.41) is 17.6. The zero-order valence-electron chi connectivity index (χ0n) is 7.00. The first kappa shape index (κ1) is 10.2. The van der Waals surface area contributed by atoms with Crippen molar-refractivity contribution in [3.63, 3.8) is 0 Å². The van der Waals surface area contributed by atoms with E-state index >= 15 is 0 Å². The fraction of sp³-hybridized carbons (Fsp3) is 0.200. The van der Waals surface area contributed by atoms with Crippen molar-refractivity contribution in [2.75, 3.05) is 6.61 Å². The summed E-state index contributed by atoms with van der Waals surface area (Å²) in [4.78, 5) is 0. The number of halogens is 1. The van der Waals surface area contributed by atoms with Crippen LogP contribution in [0.1, 0.15) is 17.0 Å². The number of aliphatic hydroxyl groups is 1. The average molecular weight is 239 g/mol. The Balaban J connectivity index is 3.17. The molecule has 0 fully saturated rings. The summed E-state index contributed by atoms with van der Waals surface area (Å²) >= 11 is 3.31. The first-order valence-electron chi connectivity index (χ1n) is 3.83. The van der Waals surface area contributed by atoms with Gasteiger partial charge in [-0.1, -0.05) is 12.1 Å². The van der Waals surface area contributed by atoms with Gasteiger partial charge < -0.3 is 5.11 Å². The molecule has 1 radical (unpaired) electrons. The van der Waals surface area contributed by atoms with Gasteiger partial charge in [-0.3, -0.25) is 0 Å². The minimum Gasteiger partial charge on any atom is -0.396 e. The Morgan fingerprint density at radius 1 is 1.62 bits per heavy atom. The van der Waals surface area contributed by atoms with Crippen LogP contribution in [0.5, 0.6) is 0 Å². The maximum absolute atomic E-state index is 8.91. The molecule has 1 aromatic rings. The summed E-state index contributed by atoms with van der Waals surface area (Å²) in [7, 11) is 0. The normalized spacial score (nSPS) is 12.2. The highest BCUT2D eigenvalue weighted by Crippen LogP contribution is 2.27. The lowest BCUT2D eigenvalue weighted by molar-refractivity contribution is 0.282. The van der Waals surface area contributed by atoms with E-state index in [1.54, 1.807) is 12.1 Å². The molecule has 13 heavy (non-hydrogen) atoms. The van der Waals surface area contributed by atoms with Crippen molar-refractivity contribution in [1.29, 1.82) is 5.26 Å². The molecule has 3 heteroatoms. The van der Waals surface area contributed by atoms with Crippen molar-refractivity contribution in [3.05, 3.63) is 40.7 Å². The van der Waals surface area contributed by atoms with E-state index in [2.05, 4.69) is 28.9 Å². The van der Waals surface area contributed by atoms with Crippen LogP contribution < -0.4 is 0 Å². The highest BCUT2D eigenvalue weighted by Gasteiger charge is 2.10. The Morgan fingerprint density at radius 3 is 2.85 bits per heavy atom. The van der Waals surface area contributed by atoms with Gasteiger partial charge >= 0.3 is 0 Å². The van der Waals surface area contributed by atoms with Gasteiger partial charge in [0.2, 0.25) is 0 Å². The minimum atomic E-state index is -0.192. The molecule has 1 N–H and O–H groups in total. The molecule has 0 amide bonds. The van der Waals surface area contributed by atoms with E-state index in [-0.39, 0.29) is 12.5 Å². The van der Waals surface area contributed by atoms with E-state index in [1.807, 2.05) is 6.07 Å². The lowest BCUT2D eigenvalue weighted by Gasteiger charge is -2.10. The van der Waals surface area contributed by atoms with Gasteiger partial charge in [0, 0.05) is 17.0 Å². The van der Waals surface area contributed by atoms with Crippen LogP contribution in [0.2, 0.25) is 0 Å². The summed E-state index contributed by atoms with van der Waals surface area (Å²) in [5.41, 5.74) is 1.43. The van der Waals surface area contributed by atoms with Crippen LogP contribution >= 0.6 is 15.9 Å². The number of hydrogen-bond donors (Lipinski definition) is 1. The summed E-state index contributed by atoms with van der Waals surface area (Å²) in [6.07, 6.45) is 0. The molecule has 0 heterocycles. The van der Waals surface area contributed by atoms with Crippen LogP contribution in [-0.4, -0.2) is 11.7 Å². The number of aliphatic hydroxyl groups excluding tert-OH is 1.